The molecule has 0 amide bonds. The maximum Gasteiger partial charge on any atom is 0.243 e. The summed E-state index contributed by atoms with van der Waals surface area (Å²) in [5.41, 5.74) is 1.16. The number of ether oxygens (including phenoxy) is 1. The molecule has 118 valence electrons. The minimum atomic E-state index is -3.42. The van der Waals surface area contributed by atoms with Crippen LogP contribution in [-0.2, 0) is 21.2 Å². The van der Waals surface area contributed by atoms with Gasteiger partial charge in [0, 0.05) is 13.7 Å². The molecule has 0 aromatic heterocycles. The monoisotopic (exact) mass is 312 g/mol. The lowest BCUT2D eigenvalue weighted by Gasteiger charge is -2.22. The molecule has 0 bridgehead atoms. The maximum atomic E-state index is 12.6. The molecule has 1 fully saturated rings. The van der Waals surface area contributed by atoms with Crippen LogP contribution in [0.4, 0.5) is 0 Å². The van der Waals surface area contributed by atoms with E-state index in [4.69, 9.17) is 4.74 Å². The van der Waals surface area contributed by atoms with Crippen LogP contribution >= 0.6 is 0 Å². The Morgan fingerprint density at radius 1 is 1.33 bits per heavy atom. The summed E-state index contributed by atoms with van der Waals surface area (Å²) in [5, 5.41) is 3.11. The Morgan fingerprint density at radius 2 is 2.05 bits per heavy atom. The molecule has 0 aliphatic carbocycles. The average Bonchev–Trinajstić information content (AvgIpc) is 3.01. The van der Waals surface area contributed by atoms with Crippen molar-refractivity contribution < 1.29 is 13.2 Å². The molecule has 1 aliphatic rings. The predicted molar refractivity (Wildman–Crippen MR) is 82.9 cm³/mol. The summed E-state index contributed by atoms with van der Waals surface area (Å²) < 4.78 is 31.8. The van der Waals surface area contributed by atoms with Crippen LogP contribution < -0.4 is 5.32 Å². The molecule has 1 aromatic carbocycles. The molecule has 1 heterocycles. The van der Waals surface area contributed by atoms with E-state index >= 15 is 0 Å². The second kappa shape index (κ2) is 7.35. The van der Waals surface area contributed by atoms with Crippen molar-refractivity contribution in [3.8, 4) is 0 Å². The van der Waals surface area contributed by atoms with Gasteiger partial charge in [-0.05, 0) is 50.6 Å². The number of nitrogens with one attached hydrogen (secondary N) is 1. The molecule has 0 radical (unpaired) electrons. The summed E-state index contributed by atoms with van der Waals surface area (Å²) in [5.74, 6) is 0. The van der Waals surface area contributed by atoms with E-state index in [1.165, 1.54) is 4.31 Å². The zero-order valence-electron chi connectivity index (χ0n) is 12.7. The second-order valence-corrected chi connectivity index (χ2v) is 7.39. The van der Waals surface area contributed by atoms with Crippen molar-refractivity contribution in [1.82, 2.24) is 9.62 Å². The minimum absolute atomic E-state index is 0.0506. The fourth-order valence-corrected chi connectivity index (χ4v) is 3.84. The van der Waals surface area contributed by atoms with Crippen molar-refractivity contribution in [2.24, 2.45) is 0 Å². The molecular weight excluding hydrogens is 288 g/mol. The zero-order chi connectivity index (χ0) is 15.3. The number of nitrogens with zero attached hydrogens (tertiary/aromatic N) is 1. The number of benzene rings is 1. The van der Waals surface area contributed by atoms with Gasteiger partial charge >= 0.3 is 0 Å². The largest absolute Gasteiger partial charge is 0.380 e. The van der Waals surface area contributed by atoms with Gasteiger partial charge in [-0.1, -0.05) is 12.1 Å². The van der Waals surface area contributed by atoms with E-state index in [2.05, 4.69) is 5.32 Å². The lowest BCUT2D eigenvalue weighted by atomic mass is 10.1. The highest BCUT2D eigenvalue weighted by molar-refractivity contribution is 7.89. The number of likely N-dealkylation sites (N-methyl/N-ethyl adjacent to an activating group) is 1. The summed E-state index contributed by atoms with van der Waals surface area (Å²) >= 11 is 0. The van der Waals surface area contributed by atoms with E-state index in [1.54, 1.807) is 19.2 Å². The van der Waals surface area contributed by atoms with E-state index in [1.807, 2.05) is 19.2 Å². The fraction of sp³-hybridized carbons (Fsp3) is 0.600. The molecular formula is C15H24N2O3S. The smallest absolute Gasteiger partial charge is 0.243 e. The number of hydrogen-bond donors (Lipinski definition) is 1. The van der Waals surface area contributed by atoms with E-state index in [9.17, 15) is 8.42 Å². The van der Waals surface area contributed by atoms with Crippen LogP contribution in [0.2, 0.25) is 0 Å². The van der Waals surface area contributed by atoms with Crippen molar-refractivity contribution in [2.45, 2.75) is 30.2 Å². The summed E-state index contributed by atoms with van der Waals surface area (Å²) in [6.07, 6.45) is 2.76. The van der Waals surface area contributed by atoms with Crippen LogP contribution in [-0.4, -0.2) is 52.6 Å². The summed E-state index contributed by atoms with van der Waals surface area (Å²) in [7, 11) is 0.140. The van der Waals surface area contributed by atoms with Gasteiger partial charge in [-0.15, -0.1) is 0 Å². The normalized spacial score (nSPS) is 19.3. The molecule has 1 aromatic rings. The van der Waals surface area contributed by atoms with Gasteiger partial charge in [-0.2, -0.15) is 4.31 Å². The van der Waals surface area contributed by atoms with Gasteiger partial charge < -0.3 is 10.1 Å². The van der Waals surface area contributed by atoms with Crippen LogP contribution in [0, 0.1) is 0 Å². The van der Waals surface area contributed by atoms with Gasteiger partial charge in [0.05, 0.1) is 17.5 Å². The molecule has 1 saturated heterocycles. The van der Waals surface area contributed by atoms with E-state index in [0.29, 0.717) is 18.1 Å². The molecule has 1 N–H and O–H groups in total. The van der Waals surface area contributed by atoms with Crippen LogP contribution in [0.3, 0.4) is 0 Å². The van der Waals surface area contributed by atoms with Crippen LogP contribution in [0.5, 0.6) is 0 Å². The van der Waals surface area contributed by atoms with Crippen molar-refractivity contribution >= 4 is 10.0 Å². The first kappa shape index (κ1) is 16.4. The first-order valence-corrected chi connectivity index (χ1v) is 8.79. The molecule has 2 rings (SSSR count). The van der Waals surface area contributed by atoms with E-state index in [0.717, 1.165) is 31.4 Å². The van der Waals surface area contributed by atoms with Crippen molar-refractivity contribution in [2.75, 3.05) is 33.9 Å². The SMILES string of the molecule is CNCCCc1ccc(S(=O)(=O)N(C)C2CCOC2)cc1. The third-order valence-electron chi connectivity index (χ3n) is 3.91. The molecule has 1 atom stereocenters. The van der Waals surface area contributed by atoms with E-state index < -0.39 is 10.0 Å². The van der Waals surface area contributed by atoms with Gasteiger partial charge in [0.1, 0.15) is 0 Å². The lowest BCUT2D eigenvalue weighted by molar-refractivity contribution is 0.181. The minimum Gasteiger partial charge on any atom is -0.380 e. The number of hydrogen-bond acceptors (Lipinski definition) is 4. The Hall–Kier alpha value is -0.950. The van der Waals surface area contributed by atoms with Crippen molar-refractivity contribution in [3.63, 3.8) is 0 Å². The third-order valence-corrected chi connectivity index (χ3v) is 5.84. The van der Waals surface area contributed by atoms with Gasteiger partial charge in [-0.25, -0.2) is 8.42 Å². The fourth-order valence-electron chi connectivity index (χ4n) is 2.47. The molecule has 1 unspecified atom stereocenters. The molecule has 5 nitrogen and oxygen atoms in total. The summed E-state index contributed by atoms with van der Waals surface area (Å²) in [6, 6.07) is 7.17. The zero-order valence-corrected chi connectivity index (χ0v) is 13.5. The first-order valence-electron chi connectivity index (χ1n) is 7.35. The average molecular weight is 312 g/mol. The highest BCUT2D eigenvalue weighted by atomic mass is 32.2. The predicted octanol–water partition coefficient (Wildman–Crippen LogP) is 1.25. The Kier molecular flexibility index (Phi) is 5.75. The quantitative estimate of drug-likeness (QED) is 0.770. The molecule has 0 spiro atoms. The van der Waals surface area contributed by atoms with E-state index in [-0.39, 0.29) is 6.04 Å². The molecule has 21 heavy (non-hydrogen) atoms. The first-order chi connectivity index (χ1) is 10.1. The molecule has 6 heteroatoms. The van der Waals surface area contributed by atoms with Crippen molar-refractivity contribution in [1.29, 1.82) is 0 Å². The number of sulfonamides is 1. The number of aryl methyl sites for hydroxylation is 1. The van der Waals surface area contributed by atoms with Gasteiger partial charge in [0.2, 0.25) is 10.0 Å². The van der Waals surface area contributed by atoms with Gasteiger partial charge in [-0.3, -0.25) is 0 Å². The second-order valence-electron chi connectivity index (χ2n) is 5.39. The molecule has 1 aliphatic heterocycles. The third kappa shape index (κ3) is 4.03. The summed E-state index contributed by atoms with van der Waals surface area (Å²) in [6.45, 7) is 2.08. The standard InChI is InChI=1S/C15H24N2O3S/c1-16-10-3-4-13-5-7-15(8-6-13)21(18,19)17(2)14-9-11-20-12-14/h5-8,14,16H,3-4,9-12H2,1-2H3. The van der Waals surface area contributed by atoms with Crippen LogP contribution in [0.15, 0.2) is 29.2 Å². The number of rotatable bonds is 7. The van der Waals surface area contributed by atoms with Gasteiger partial charge in [0.15, 0.2) is 0 Å². The lowest BCUT2D eigenvalue weighted by Crippen LogP contribution is -2.37. The van der Waals surface area contributed by atoms with Crippen LogP contribution in [0.1, 0.15) is 18.4 Å². The van der Waals surface area contributed by atoms with Crippen LogP contribution in [0.25, 0.3) is 0 Å². The molecule has 0 saturated carbocycles. The Balaban J connectivity index is 2.05. The van der Waals surface area contributed by atoms with Gasteiger partial charge in [0.25, 0.3) is 0 Å². The highest BCUT2D eigenvalue weighted by Crippen LogP contribution is 2.21. The summed E-state index contributed by atoms with van der Waals surface area (Å²) in [4.78, 5) is 0.356. The Labute approximate surface area is 127 Å². The Bertz CT molecular complexity index is 537. The van der Waals surface area contributed by atoms with Crippen molar-refractivity contribution in [3.05, 3.63) is 29.8 Å². The highest BCUT2D eigenvalue weighted by Gasteiger charge is 2.30. The topological polar surface area (TPSA) is 58.6 Å². The maximum absolute atomic E-state index is 12.6. The Morgan fingerprint density at radius 3 is 2.62 bits per heavy atom.